The lowest BCUT2D eigenvalue weighted by molar-refractivity contribution is 0.285. The predicted molar refractivity (Wildman–Crippen MR) is 56.2 cm³/mol. The van der Waals surface area contributed by atoms with Crippen molar-refractivity contribution < 1.29 is 5.11 Å². The number of aromatic nitrogens is 1. The van der Waals surface area contributed by atoms with Crippen LogP contribution in [0.2, 0.25) is 0 Å². The first-order chi connectivity index (χ1) is 6.19. The summed E-state index contributed by atoms with van der Waals surface area (Å²) in [7, 11) is 0. The minimum Gasteiger partial charge on any atom is -0.391 e. The Morgan fingerprint density at radius 3 is 2.69 bits per heavy atom. The first-order valence-corrected chi connectivity index (χ1v) is 5.32. The van der Waals surface area contributed by atoms with Crippen LogP contribution in [-0.4, -0.2) is 22.7 Å². The van der Waals surface area contributed by atoms with Gasteiger partial charge in [-0.25, -0.2) is 4.98 Å². The average Bonchev–Trinajstić information content (AvgIpc) is 2.53. The topological polar surface area (TPSA) is 36.4 Å². The molecule has 0 bridgehead atoms. The molecule has 1 aromatic heterocycles. The number of hydrogen-bond donors (Lipinski definition) is 1. The van der Waals surface area contributed by atoms with E-state index in [-0.39, 0.29) is 6.61 Å². The number of aliphatic hydroxyl groups excluding tert-OH is 1. The van der Waals surface area contributed by atoms with E-state index in [0.717, 1.165) is 16.6 Å². The van der Waals surface area contributed by atoms with Gasteiger partial charge in [-0.2, -0.15) is 0 Å². The highest BCUT2D eigenvalue weighted by Crippen LogP contribution is 2.23. The van der Waals surface area contributed by atoms with Crippen molar-refractivity contribution in [1.82, 2.24) is 4.98 Å². The fourth-order valence-electron chi connectivity index (χ4n) is 1.22. The van der Waals surface area contributed by atoms with Crippen molar-refractivity contribution in [3.63, 3.8) is 0 Å². The number of aliphatic hydroxyl groups is 1. The fourth-order valence-corrected chi connectivity index (χ4v) is 2.19. The Morgan fingerprint density at radius 2 is 2.31 bits per heavy atom. The molecule has 1 N–H and O–H groups in total. The third-order valence-electron chi connectivity index (χ3n) is 1.91. The molecule has 0 saturated carbocycles. The van der Waals surface area contributed by atoms with Crippen LogP contribution in [0.5, 0.6) is 0 Å². The highest BCUT2D eigenvalue weighted by atomic mass is 32.1. The van der Waals surface area contributed by atoms with Crippen molar-refractivity contribution >= 4 is 16.5 Å². The molecule has 0 aliphatic rings. The van der Waals surface area contributed by atoms with Crippen LogP contribution in [0.1, 0.15) is 25.6 Å². The minimum absolute atomic E-state index is 0.0906. The van der Waals surface area contributed by atoms with Gasteiger partial charge in [0.15, 0.2) is 5.13 Å². The van der Waals surface area contributed by atoms with Gasteiger partial charge in [-0.3, -0.25) is 0 Å². The summed E-state index contributed by atoms with van der Waals surface area (Å²) in [5.74, 6) is 0. The van der Waals surface area contributed by atoms with Crippen LogP contribution in [-0.2, 0) is 6.61 Å². The molecular formula is C9H16N2OS. The monoisotopic (exact) mass is 200 g/mol. The van der Waals surface area contributed by atoms with Crippen molar-refractivity contribution in [2.24, 2.45) is 0 Å². The van der Waals surface area contributed by atoms with Crippen LogP contribution in [0.15, 0.2) is 6.20 Å². The Hall–Kier alpha value is -0.610. The van der Waals surface area contributed by atoms with Gasteiger partial charge in [-0.05, 0) is 20.8 Å². The van der Waals surface area contributed by atoms with E-state index in [1.54, 1.807) is 17.5 Å². The van der Waals surface area contributed by atoms with Crippen LogP contribution in [0, 0.1) is 0 Å². The minimum atomic E-state index is 0.0906. The summed E-state index contributed by atoms with van der Waals surface area (Å²) < 4.78 is 0. The number of nitrogens with zero attached hydrogens (tertiary/aromatic N) is 2. The molecule has 0 amide bonds. The molecule has 0 atom stereocenters. The van der Waals surface area contributed by atoms with Crippen molar-refractivity contribution in [3.8, 4) is 0 Å². The van der Waals surface area contributed by atoms with Gasteiger partial charge in [0, 0.05) is 18.8 Å². The maximum atomic E-state index is 8.90. The van der Waals surface area contributed by atoms with Crippen LogP contribution in [0.3, 0.4) is 0 Å². The van der Waals surface area contributed by atoms with E-state index in [0.29, 0.717) is 6.04 Å². The lowest BCUT2D eigenvalue weighted by Gasteiger charge is -2.23. The lowest BCUT2D eigenvalue weighted by Crippen LogP contribution is -2.29. The van der Waals surface area contributed by atoms with Crippen molar-refractivity contribution in [2.45, 2.75) is 33.4 Å². The van der Waals surface area contributed by atoms with E-state index >= 15 is 0 Å². The molecule has 0 radical (unpaired) electrons. The first kappa shape index (κ1) is 10.5. The van der Waals surface area contributed by atoms with Crippen LogP contribution >= 0.6 is 11.3 Å². The normalized spacial score (nSPS) is 10.8. The molecule has 0 unspecified atom stereocenters. The number of thiazole rings is 1. The molecule has 0 fully saturated rings. The second-order valence-corrected chi connectivity index (χ2v) is 4.24. The van der Waals surface area contributed by atoms with Crippen molar-refractivity contribution in [3.05, 3.63) is 11.1 Å². The molecule has 13 heavy (non-hydrogen) atoms. The predicted octanol–water partition coefficient (Wildman–Crippen LogP) is 1.87. The largest absolute Gasteiger partial charge is 0.391 e. The summed E-state index contributed by atoms with van der Waals surface area (Å²) in [6.07, 6.45) is 1.74. The van der Waals surface area contributed by atoms with E-state index < -0.39 is 0 Å². The molecule has 1 aromatic rings. The Morgan fingerprint density at radius 1 is 1.62 bits per heavy atom. The van der Waals surface area contributed by atoms with Gasteiger partial charge in [0.05, 0.1) is 11.5 Å². The van der Waals surface area contributed by atoms with Gasteiger partial charge in [0.1, 0.15) is 0 Å². The molecular weight excluding hydrogens is 184 g/mol. The highest BCUT2D eigenvalue weighted by molar-refractivity contribution is 7.15. The first-order valence-electron chi connectivity index (χ1n) is 4.51. The van der Waals surface area contributed by atoms with E-state index in [2.05, 4.69) is 30.7 Å². The maximum Gasteiger partial charge on any atom is 0.185 e. The Labute approximate surface area is 83.0 Å². The molecule has 0 saturated heterocycles. The molecule has 3 nitrogen and oxygen atoms in total. The third kappa shape index (κ3) is 2.42. The van der Waals surface area contributed by atoms with Gasteiger partial charge in [0.25, 0.3) is 0 Å². The summed E-state index contributed by atoms with van der Waals surface area (Å²) in [5, 5.41) is 9.90. The summed E-state index contributed by atoms with van der Waals surface area (Å²) in [6.45, 7) is 7.44. The van der Waals surface area contributed by atoms with Crippen LogP contribution < -0.4 is 4.90 Å². The van der Waals surface area contributed by atoms with E-state index in [1.807, 2.05) is 0 Å². The Kier molecular flexibility index (Phi) is 3.69. The highest BCUT2D eigenvalue weighted by Gasteiger charge is 2.11. The second-order valence-electron chi connectivity index (χ2n) is 3.15. The van der Waals surface area contributed by atoms with E-state index in [9.17, 15) is 0 Å². The molecule has 4 heteroatoms. The van der Waals surface area contributed by atoms with Crippen LogP contribution in [0.4, 0.5) is 5.13 Å². The zero-order valence-electron chi connectivity index (χ0n) is 8.32. The van der Waals surface area contributed by atoms with Crippen LogP contribution in [0.25, 0.3) is 0 Å². The zero-order chi connectivity index (χ0) is 9.84. The summed E-state index contributed by atoms with van der Waals surface area (Å²) in [4.78, 5) is 7.40. The van der Waals surface area contributed by atoms with Crippen molar-refractivity contribution in [2.75, 3.05) is 11.4 Å². The maximum absolute atomic E-state index is 8.90. The molecule has 0 spiro atoms. The van der Waals surface area contributed by atoms with Gasteiger partial charge < -0.3 is 10.0 Å². The quantitative estimate of drug-likeness (QED) is 0.806. The molecule has 1 heterocycles. The summed E-state index contributed by atoms with van der Waals surface area (Å²) >= 11 is 1.56. The molecule has 0 aromatic carbocycles. The second kappa shape index (κ2) is 4.58. The van der Waals surface area contributed by atoms with Gasteiger partial charge in [-0.15, -0.1) is 0 Å². The van der Waals surface area contributed by atoms with E-state index in [1.165, 1.54) is 0 Å². The Bertz CT molecular complexity index is 260. The van der Waals surface area contributed by atoms with Gasteiger partial charge in [0.2, 0.25) is 0 Å². The zero-order valence-corrected chi connectivity index (χ0v) is 9.14. The Balaban J connectivity index is 2.79. The molecule has 0 aliphatic carbocycles. The van der Waals surface area contributed by atoms with Gasteiger partial charge in [-0.1, -0.05) is 11.3 Å². The van der Waals surface area contributed by atoms with Crippen molar-refractivity contribution in [1.29, 1.82) is 0 Å². The number of rotatable bonds is 4. The molecule has 1 rings (SSSR count). The SMILES string of the molecule is CCN(c1ncc(CO)s1)C(C)C. The third-order valence-corrected chi connectivity index (χ3v) is 2.93. The lowest BCUT2D eigenvalue weighted by atomic mass is 10.3. The fraction of sp³-hybridized carbons (Fsp3) is 0.667. The molecule has 0 aliphatic heterocycles. The smallest absolute Gasteiger partial charge is 0.185 e. The van der Waals surface area contributed by atoms with E-state index in [4.69, 9.17) is 5.11 Å². The number of anilines is 1. The summed E-state index contributed by atoms with van der Waals surface area (Å²) in [5.41, 5.74) is 0. The summed E-state index contributed by atoms with van der Waals surface area (Å²) in [6, 6.07) is 0.461. The van der Waals surface area contributed by atoms with Gasteiger partial charge >= 0.3 is 0 Å². The molecule has 74 valence electrons. The average molecular weight is 200 g/mol. The standard InChI is InChI=1S/C9H16N2OS/c1-4-11(7(2)3)9-10-5-8(6-12)13-9/h5,7,12H,4,6H2,1-3H3. The number of hydrogen-bond acceptors (Lipinski definition) is 4.